The molecule has 3 rings (SSSR count). The highest BCUT2D eigenvalue weighted by molar-refractivity contribution is 5.98. The number of carbonyl (C=O) groups excluding carboxylic acids is 1. The molecule has 25 heavy (non-hydrogen) atoms. The number of nitrogens with zero attached hydrogens (tertiary/aromatic N) is 2. The Kier molecular flexibility index (Phi) is 3.87. The molecule has 10 heteroatoms. The van der Waals surface area contributed by atoms with Crippen LogP contribution in [0.2, 0.25) is 0 Å². The van der Waals surface area contributed by atoms with Crippen molar-refractivity contribution in [3.8, 4) is 11.5 Å². The predicted octanol–water partition coefficient (Wildman–Crippen LogP) is 3.90. The first kappa shape index (κ1) is 16.4. The summed E-state index contributed by atoms with van der Waals surface area (Å²) in [6.45, 7) is 0. The average Bonchev–Trinajstić information content (AvgIpc) is 2.97. The van der Waals surface area contributed by atoms with Crippen LogP contribution >= 0.6 is 0 Å². The number of amides is 1. The lowest BCUT2D eigenvalue weighted by atomic mass is 10.1. The number of nitro groups is 1. The molecule has 0 fully saturated rings. The van der Waals surface area contributed by atoms with Gasteiger partial charge in [-0.1, -0.05) is 12.1 Å². The molecule has 0 unspecified atom stereocenters. The highest BCUT2D eigenvalue weighted by Crippen LogP contribution is 2.32. The maximum absolute atomic E-state index is 12.4. The Balaban J connectivity index is 2.03. The van der Waals surface area contributed by atoms with Crippen LogP contribution in [0.5, 0.6) is 0 Å². The van der Waals surface area contributed by atoms with Gasteiger partial charge in [0.25, 0.3) is 5.69 Å². The van der Waals surface area contributed by atoms with Gasteiger partial charge in [0, 0.05) is 6.07 Å². The van der Waals surface area contributed by atoms with Gasteiger partial charge in [0.2, 0.25) is 5.89 Å². The number of alkyl halides is 3. The van der Waals surface area contributed by atoms with Crippen LogP contribution in [0.3, 0.4) is 0 Å². The molecule has 1 aromatic heterocycles. The standard InChI is InChI=1S/C15H8F3N3O4/c16-15(17,18)14(22)20-10-4-2-1-3-9(10)13-19-11-6-5-8(21(23)24)7-12(11)25-13/h1-7H,(H,20,22). The van der Waals surface area contributed by atoms with Crippen molar-refractivity contribution in [2.45, 2.75) is 6.18 Å². The van der Waals surface area contributed by atoms with Crippen molar-refractivity contribution >= 4 is 28.4 Å². The highest BCUT2D eigenvalue weighted by atomic mass is 19.4. The summed E-state index contributed by atoms with van der Waals surface area (Å²) in [7, 11) is 0. The van der Waals surface area contributed by atoms with E-state index in [0.717, 1.165) is 6.07 Å². The van der Waals surface area contributed by atoms with Gasteiger partial charge in [-0.2, -0.15) is 13.2 Å². The molecule has 0 aliphatic rings. The SMILES string of the molecule is O=C(Nc1ccccc1-c1nc2ccc([N+](=O)[O-])cc2o1)C(F)(F)F. The van der Waals surface area contributed by atoms with Crippen molar-refractivity contribution in [2.75, 3.05) is 5.32 Å². The first-order valence-electron chi connectivity index (χ1n) is 6.78. The fourth-order valence-corrected chi connectivity index (χ4v) is 2.11. The lowest BCUT2D eigenvalue weighted by Crippen LogP contribution is -2.30. The van der Waals surface area contributed by atoms with Gasteiger partial charge >= 0.3 is 12.1 Å². The first-order valence-corrected chi connectivity index (χ1v) is 6.78. The van der Waals surface area contributed by atoms with Gasteiger partial charge in [0.15, 0.2) is 5.58 Å². The van der Waals surface area contributed by atoms with Gasteiger partial charge in [-0.15, -0.1) is 0 Å². The van der Waals surface area contributed by atoms with Crippen LogP contribution in [0, 0.1) is 10.1 Å². The van der Waals surface area contributed by atoms with E-state index in [9.17, 15) is 28.1 Å². The van der Waals surface area contributed by atoms with Crippen LogP contribution in [0.4, 0.5) is 24.5 Å². The van der Waals surface area contributed by atoms with Crippen LogP contribution < -0.4 is 5.32 Å². The number of oxazole rings is 1. The van der Waals surface area contributed by atoms with Gasteiger partial charge in [0.1, 0.15) is 5.52 Å². The third-order valence-electron chi connectivity index (χ3n) is 3.25. The normalized spacial score (nSPS) is 11.5. The molecule has 0 aliphatic carbocycles. The molecule has 1 heterocycles. The lowest BCUT2D eigenvalue weighted by Gasteiger charge is -2.10. The Bertz CT molecular complexity index is 982. The Labute approximate surface area is 137 Å². The third-order valence-corrected chi connectivity index (χ3v) is 3.25. The molecule has 0 aliphatic heterocycles. The minimum Gasteiger partial charge on any atom is -0.436 e. The van der Waals surface area contributed by atoms with Gasteiger partial charge < -0.3 is 9.73 Å². The van der Waals surface area contributed by atoms with E-state index >= 15 is 0 Å². The second kappa shape index (κ2) is 5.89. The van der Waals surface area contributed by atoms with Crippen molar-refractivity contribution in [1.82, 2.24) is 4.98 Å². The van der Waals surface area contributed by atoms with Crippen molar-refractivity contribution in [3.05, 3.63) is 52.6 Å². The minimum absolute atomic E-state index is 0.0754. The summed E-state index contributed by atoms with van der Waals surface area (Å²) in [6.07, 6.45) is -5.05. The fraction of sp³-hybridized carbons (Fsp3) is 0.0667. The molecular weight excluding hydrogens is 343 g/mol. The molecule has 128 valence electrons. The van der Waals surface area contributed by atoms with Gasteiger partial charge in [-0.3, -0.25) is 14.9 Å². The lowest BCUT2D eigenvalue weighted by molar-refractivity contribution is -0.384. The number of hydrogen-bond donors (Lipinski definition) is 1. The molecule has 2 aromatic carbocycles. The van der Waals surface area contributed by atoms with Gasteiger partial charge in [-0.25, -0.2) is 4.98 Å². The number of carbonyl (C=O) groups is 1. The number of rotatable bonds is 3. The second-order valence-corrected chi connectivity index (χ2v) is 4.93. The summed E-state index contributed by atoms with van der Waals surface area (Å²) >= 11 is 0. The van der Waals surface area contributed by atoms with Crippen LogP contribution in [-0.2, 0) is 4.79 Å². The number of halogens is 3. The number of para-hydroxylation sites is 1. The Morgan fingerprint density at radius 1 is 1.20 bits per heavy atom. The smallest absolute Gasteiger partial charge is 0.436 e. The first-order chi connectivity index (χ1) is 11.8. The summed E-state index contributed by atoms with van der Waals surface area (Å²) in [5.74, 6) is -2.21. The van der Waals surface area contributed by atoms with Crippen LogP contribution in [0.15, 0.2) is 46.9 Å². The molecule has 3 aromatic rings. The van der Waals surface area contributed by atoms with Gasteiger partial charge in [-0.05, 0) is 18.2 Å². The van der Waals surface area contributed by atoms with Crippen molar-refractivity contribution in [2.24, 2.45) is 0 Å². The highest BCUT2D eigenvalue weighted by Gasteiger charge is 2.39. The average molecular weight is 351 g/mol. The maximum atomic E-state index is 12.4. The summed E-state index contributed by atoms with van der Waals surface area (Å²) in [5.41, 5.74) is 0.136. The van der Waals surface area contributed by atoms with E-state index in [4.69, 9.17) is 4.42 Å². The molecule has 1 N–H and O–H groups in total. The number of nitrogens with one attached hydrogen (secondary N) is 1. The van der Waals surface area contributed by atoms with Crippen molar-refractivity contribution in [1.29, 1.82) is 0 Å². The Morgan fingerprint density at radius 2 is 1.92 bits per heavy atom. The molecule has 0 saturated carbocycles. The molecule has 0 saturated heterocycles. The summed E-state index contributed by atoms with van der Waals surface area (Å²) < 4.78 is 42.7. The largest absolute Gasteiger partial charge is 0.471 e. The van der Waals surface area contributed by atoms with Crippen LogP contribution in [0.25, 0.3) is 22.6 Å². The monoisotopic (exact) mass is 351 g/mol. The zero-order valence-electron chi connectivity index (χ0n) is 12.2. The number of anilines is 1. The quantitative estimate of drug-likeness (QED) is 0.570. The van der Waals surface area contributed by atoms with Gasteiger partial charge in [0.05, 0.1) is 22.2 Å². The maximum Gasteiger partial charge on any atom is 0.471 e. The number of aromatic nitrogens is 1. The predicted molar refractivity (Wildman–Crippen MR) is 80.8 cm³/mol. The number of hydrogen-bond acceptors (Lipinski definition) is 5. The fourth-order valence-electron chi connectivity index (χ4n) is 2.11. The van der Waals surface area contributed by atoms with E-state index in [0.29, 0.717) is 0 Å². The van der Waals surface area contributed by atoms with Crippen LogP contribution in [-0.4, -0.2) is 22.0 Å². The zero-order chi connectivity index (χ0) is 18.2. The van der Waals surface area contributed by atoms with Crippen molar-refractivity contribution < 1.29 is 27.3 Å². The zero-order valence-corrected chi connectivity index (χ0v) is 12.2. The van der Waals surface area contributed by atoms with E-state index in [1.807, 2.05) is 0 Å². The van der Waals surface area contributed by atoms with E-state index in [-0.39, 0.29) is 33.9 Å². The van der Waals surface area contributed by atoms with E-state index < -0.39 is 17.0 Å². The molecule has 0 atom stereocenters. The Hall–Kier alpha value is -3.43. The second-order valence-electron chi connectivity index (χ2n) is 4.93. The minimum atomic E-state index is -5.05. The third kappa shape index (κ3) is 3.27. The topological polar surface area (TPSA) is 98.3 Å². The summed E-state index contributed by atoms with van der Waals surface area (Å²) in [4.78, 5) is 25.4. The number of benzene rings is 2. The van der Waals surface area contributed by atoms with E-state index in [1.165, 1.54) is 36.4 Å². The Morgan fingerprint density at radius 3 is 2.60 bits per heavy atom. The van der Waals surface area contributed by atoms with E-state index in [1.54, 1.807) is 5.32 Å². The molecule has 1 amide bonds. The van der Waals surface area contributed by atoms with Crippen LogP contribution in [0.1, 0.15) is 0 Å². The molecule has 7 nitrogen and oxygen atoms in total. The molecule has 0 bridgehead atoms. The molecule has 0 radical (unpaired) electrons. The number of fused-ring (bicyclic) bond motifs is 1. The summed E-state index contributed by atoms with van der Waals surface area (Å²) in [5, 5.41) is 12.5. The van der Waals surface area contributed by atoms with Crippen molar-refractivity contribution in [3.63, 3.8) is 0 Å². The summed E-state index contributed by atoms with van der Waals surface area (Å²) in [6, 6.07) is 9.37. The van der Waals surface area contributed by atoms with E-state index in [2.05, 4.69) is 4.98 Å². The molecular formula is C15H8F3N3O4. The number of non-ortho nitro benzene ring substituents is 1. The molecule has 0 spiro atoms. The number of nitro benzene ring substituents is 1.